The lowest BCUT2D eigenvalue weighted by atomic mass is 10.2. The number of nitrogens with zero attached hydrogens (tertiary/aromatic N) is 4. The summed E-state index contributed by atoms with van der Waals surface area (Å²) in [6.07, 6.45) is 1.84. The summed E-state index contributed by atoms with van der Waals surface area (Å²) in [5.74, 6) is -0.931. The van der Waals surface area contributed by atoms with Gasteiger partial charge in [0.1, 0.15) is 16.9 Å². The lowest BCUT2D eigenvalue weighted by molar-refractivity contribution is 0.0428. The highest BCUT2D eigenvalue weighted by molar-refractivity contribution is 6.09. The summed E-state index contributed by atoms with van der Waals surface area (Å²) in [5, 5.41) is 3.91. The molecule has 0 aliphatic carbocycles. The molecule has 0 atom stereocenters. The molecule has 0 aliphatic rings. The van der Waals surface area contributed by atoms with Crippen molar-refractivity contribution in [1.29, 1.82) is 0 Å². The van der Waals surface area contributed by atoms with Gasteiger partial charge in [-0.2, -0.15) is 14.4 Å². The highest BCUT2D eigenvalue weighted by atomic mass is 19.1. The molecule has 0 unspecified atom stereocenters. The zero-order valence-electron chi connectivity index (χ0n) is 16.2. The molecule has 0 aliphatic heterocycles. The molecule has 0 aromatic carbocycles. The SMILES string of the molecule is CC(C)(C)OC(=O)N(C(=O)OC(C)(C)C)c1cnn(-c2cccnc2)c1F. The van der Waals surface area contributed by atoms with E-state index in [9.17, 15) is 14.0 Å². The van der Waals surface area contributed by atoms with Crippen LogP contribution >= 0.6 is 0 Å². The van der Waals surface area contributed by atoms with E-state index < -0.39 is 29.3 Å². The minimum Gasteiger partial charge on any atom is -0.443 e. The van der Waals surface area contributed by atoms with E-state index in [1.165, 1.54) is 12.4 Å². The Labute approximate surface area is 156 Å². The van der Waals surface area contributed by atoms with Crippen LogP contribution in [0.5, 0.6) is 0 Å². The van der Waals surface area contributed by atoms with E-state index >= 15 is 0 Å². The van der Waals surface area contributed by atoms with Crippen LogP contribution in [-0.4, -0.2) is 38.2 Å². The molecule has 0 saturated heterocycles. The molecule has 9 heteroatoms. The van der Waals surface area contributed by atoms with Gasteiger partial charge in [0.15, 0.2) is 0 Å². The van der Waals surface area contributed by atoms with Gasteiger partial charge in [-0.25, -0.2) is 14.3 Å². The van der Waals surface area contributed by atoms with Crippen LogP contribution in [0.25, 0.3) is 5.69 Å². The van der Waals surface area contributed by atoms with Crippen LogP contribution in [0.4, 0.5) is 19.7 Å². The van der Waals surface area contributed by atoms with Crippen molar-refractivity contribution in [3.63, 3.8) is 0 Å². The molecule has 8 nitrogen and oxygen atoms in total. The number of pyridine rings is 1. The van der Waals surface area contributed by atoms with Gasteiger partial charge >= 0.3 is 12.2 Å². The molecule has 2 aromatic rings. The zero-order valence-corrected chi connectivity index (χ0v) is 16.2. The standard InChI is InChI=1S/C18H23FN4O4/c1-17(2,3)26-15(24)22(16(25)27-18(4,5)6)13-11-21-23(14(13)19)12-8-7-9-20-10-12/h7-11H,1-6H3. The lowest BCUT2D eigenvalue weighted by Gasteiger charge is -2.27. The molecule has 2 aromatic heterocycles. The van der Waals surface area contributed by atoms with Gasteiger partial charge in [-0.3, -0.25) is 4.98 Å². The van der Waals surface area contributed by atoms with Crippen LogP contribution in [0.3, 0.4) is 0 Å². The number of halogens is 1. The maximum atomic E-state index is 15.0. The van der Waals surface area contributed by atoms with Crippen LogP contribution in [0.1, 0.15) is 41.5 Å². The zero-order chi connectivity index (χ0) is 20.4. The number of hydrogen-bond donors (Lipinski definition) is 0. The second-order valence-electron chi connectivity index (χ2n) is 7.74. The topological polar surface area (TPSA) is 86.5 Å². The number of carbonyl (C=O) groups is 2. The Bertz CT molecular complexity index is 794. The maximum absolute atomic E-state index is 15.0. The van der Waals surface area contributed by atoms with Gasteiger partial charge in [-0.1, -0.05) is 0 Å². The molecule has 2 rings (SSSR count). The number of carbonyl (C=O) groups excluding carboxylic acids is 2. The van der Waals surface area contributed by atoms with Crippen molar-refractivity contribution >= 4 is 17.9 Å². The van der Waals surface area contributed by atoms with E-state index in [0.29, 0.717) is 10.6 Å². The van der Waals surface area contributed by atoms with Crippen LogP contribution in [0.15, 0.2) is 30.7 Å². The molecule has 0 saturated carbocycles. The molecule has 146 valence electrons. The first-order valence-electron chi connectivity index (χ1n) is 8.29. The predicted molar refractivity (Wildman–Crippen MR) is 96.3 cm³/mol. The van der Waals surface area contributed by atoms with Gasteiger partial charge in [0.05, 0.1) is 18.1 Å². The summed E-state index contributed by atoms with van der Waals surface area (Å²) in [7, 11) is 0. The third-order valence-corrected chi connectivity index (χ3v) is 2.98. The first-order chi connectivity index (χ1) is 12.4. The van der Waals surface area contributed by atoms with Crippen molar-refractivity contribution < 1.29 is 23.5 Å². The second-order valence-corrected chi connectivity index (χ2v) is 7.74. The largest absolute Gasteiger partial charge is 0.443 e. The molecule has 27 heavy (non-hydrogen) atoms. The number of aromatic nitrogens is 3. The third kappa shape index (κ3) is 5.25. The van der Waals surface area contributed by atoms with Crippen molar-refractivity contribution in [2.75, 3.05) is 4.90 Å². The Morgan fingerprint density at radius 1 is 1.04 bits per heavy atom. The minimum absolute atomic E-state index is 0.328. The summed E-state index contributed by atoms with van der Waals surface area (Å²) in [6, 6.07) is 3.19. The first kappa shape index (κ1) is 20.3. The van der Waals surface area contributed by atoms with Crippen LogP contribution in [0, 0.1) is 5.95 Å². The van der Waals surface area contributed by atoms with Crippen molar-refractivity contribution in [3.05, 3.63) is 36.7 Å². The van der Waals surface area contributed by atoms with Crippen molar-refractivity contribution in [2.45, 2.75) is 52.7 Å². The molecule has 2 amide bonds. The average Bonchev–Trinajstić information content (AvgIpc) is 2.86. The van der Waals surface area contributed by atoms with E-state index in [4.69, 9.17) is 9.47 Å². The Kier molecular flexibility index (Phi) is 5.53. The van der Waals surface area contributed by atoms with Gasteiger partial charge in [0, 0.05) is 6.20 Å². The minimum atomic E-state index is -1.07. The van der Waals surface area contributed by atoms with Gasteiger partial charge in [-0.15, -0.1) is 0 Å². The number of hydrogen-bond acceptors (Lipinski definition) is 6. The number of amides is 2. The van der Waals surface area contributed by atoms with E-state index in [-0.39, 0.29) is 5.69 Å². The van der Waals surface area contributed by atoms with Crippen LogP contribution < -0.4 is 4.90 Å². The first-order valence-corrected chi connectivity index (χ1v) is 8.29. The van der Waals surface area contributed by atoms with Gasteiger partial charge in [0.2, 0.25) is 5.95 Å². The van der Waals surface area contributed by atoms with Crippen molar-refractivity contribution in [3.8, 4) is 5.69 Å². The number of anilines is 1. The summed E-state index contributed by atoms with van der Waals surface area (Å²) in [5.41, 5.74) is -1.85. The van der Waals surface area contributed by atoms with E-state index in [2.05, 4.69) is 10.1 Å². The smallest absolute Gasteiger partial charge is 0.424 e. The Morgan fingerprint density at radius 2 is 1.59 bits per heavy atom. The lowest BCUT2D eigenvalue weighted by Crippen LogP contribution is -2.44. The van der Waals surface area contributed by atoms with Crippen molar-refractivity contribution in [1.82, 2.24) is 14.8 Å². The highest BCUT2D eigenvalue weighted by Gasteiger charge is 2.36. The number of ether oxygens (including phenoxy) is 2. The summed E-state index contributed by atoms with van der Waals surface area (Å²) < 4.78 is 26.4. The number of imide groups is 1. The van der Waals surface area contributed by atoms with E-state index in [0.717, 1.165) is 10.9 Å². The fraction of sp³-hybridized carbons (Fsp3) is 0.444. The van der Waals surface area contributed by atoms with E-state index in [1.54, 1.807) is 53.7 Å². The monoisotopic (exact) mass is 378 g/mol. The summed E-state index contributed by atoms with van der Waals surface area (Å²) in [6.45, 7) is 9.80. The van der Waals surface area contributed by atoms with Crippen LogP contribution in [0.2, 0.25) is 0 Å². The molecule has 0 fully saturated rings. The normalized spacial score (nSPS) is 11.8. The second kappa shape index (κ2) is 7.34. The fourth-order valence-corrected chi connectivity index (χ4v) is 2.02. The molecular weight excluding hydrogens is 355 g/mol. The van der Waals surface area contributed by atoms with Crippen LogP contribution in [-0.2, 0) is 9.47 Å². The average molecular weight is 378 g/mol. The Balaban J connectivity index is 2.46. The predicted octanol–water partition coefficient (Wildman–Crippen LogP) is 4.08. The highest BCUT2D eigenvalue weighted by Crippen LogP contribution is 2.25. The molecule has 0 spiro atoms. The molecular formula is C18H23FN4O4. The Morgan fingerprint density at radius 3 is 2.04 bits per heavy atom. The van der Waals surface area contributed by atoms with Gasteiger partial charge < -0.3 is 9.47 Å². The summed E-state index contributed by atoms with van der Waals surface area (Å²) >= 11 is 0. The third-order valence-electron chi connectivity index (χ3n) is 2.98. The molecule has 2 heterocycles. The fourth-order valence-electron chi connectivity index (χ4n) is 2.02. The number of rotatable bonds is 2. The molecule has 0 bridgehead atoms. The molecule has 0 radical (unpaired) electrons. The quantitative estimate of drug-likeness (QED) is 0.782. The van der Waals surface area contributed by atoms with Gasteiger partial charge in [-0.05, 0) is 53.7 Å². The van der Waals surface area contributed by atoms with E-state index in [1.807, 2.05) is 0 Å². The Hall–Kier alpha value is -2.97. The maximum Gasteiger partial charge on any atom is 0.424 e. The van der Waals surface area contributed by atoms with Gasteiger partial charge in [0.25, 0.3) is 0 Å². The summed E-state index contributed by atoms with van der Waals surface area (Å²) in [4.78, 5) is 29.5. The molecule has 0 N–H and O–H groups in total. The van der Waals surface area contributed by atoms with Crippen molar-refractivity contribution in [2.24, 2.45) is 0 Å².